The number of benzene rings is 2. The number of piperidine rings is 1. The summed E-state index contributed by atoms with van der Waals surface area (Å²) >= 11 is 0. The van der Waals surface area contributed by atoms with Gasteiger partial charge in [-0.05, 0) is 49.6 Å². The van der Waals surface area contributed by atoms with Gasteiger partial charge >= 0.3 is 6.18 Å². The van der Waals surface area contributed by atoms with Gasteiger partial charge in [-0.25, -0.2) is 0 Å². The monoisotopic (exact) mass is 443 g/mol. The summed E-state index contributed by atoms with van der Waals surface area (Å²) in [5.41, 5.74) is 0.0319. The molecule has 4 rings (SSSR count). The van der Waals surface area contributed by atoms with Gasteiger partial charge < -0.3 is 14.9 Å². The molecule has 2 aliphatic heterocycles. The van der Waals surface area contributed by atoms with E-state index in [1.54, 1.807) is 23.1 Å². The molecule has 0 saturated carbocycles. The largest absolute Gasteiger partial charge is 0.417 e. The van der Waals surface area contributed by atoms with Crippen LogP contribution in [0.15, 0.2) is 42.5 Å². The molecule has 0 bridgehead atoms. The molecule has 8 heteroatoms. The molecule has 0 aliphatic carbocycles. The number of fused-ring (bicyclic) bond motifs is 1. The van der Waals surface area contributed by atoms with Crippen molar-refractivity contribution in [3.05, 3.63) is 64.7 Å². The number of carbonyl (C=O) groups excluding carboxylic acids is 1. The predicted molar refractivity (Wildman–Crippen MR) is 113 cm³/mol. The third-order valence-corrected chi connectivity index (χ3v) is 6.76. The minimum absolute atomic E-state index is 0.0551. The van der Waals surface area contributed by atoms with Crippen molar-refractivity contribution in [3.8, 4) is 6.07 Å². The first kappa shape index (κ1) is 22.2. The van der Waals surface area contributed by atoms with Crippen LogP contribution in [0.5, 0.6) is 0 Å². The molecule has 32 heavy (non-hydrogen) atoms. The molecule has 2 aliphatic rings. The second-order valence-electron chi connectivity index (χ2n) is 8.82. The second kappa shape index (κ2) is 8.14. The van der Waals surface area contributed by atoms with Crippen LogP contribution in [-0.2, 0) is 6.18 Å². The molecule has 0 spiro atoms. The number of aryl methyl sites for hydroxylation is 1. The van der Waals surface area contributed by atoms with Gasteiger partial charge in [0, 0.05) is 42.8 Å². The smallest absolute Gasteiger partial charge is 0.396 e. The first-order chi connectivity index (χ1) is 15.2. The third-order valence-electron chi connectivity index (χ3n) is 6.76. The molecular weight excluding hydrogens is 419 g/mol. The highest BCUT2D eigenvalue weighted by atomic mass is 19.4. The van der Waals surface area contributed by atoms with Gasteiger partial charge in [-0.1, -0.05) is 17.7 Å². The van der Waals surface area contributed by atoms with Crippen LogP contribution in [0.1, 0.15) is 33.5 Å². The lowest BCUT2D eigenvalue weighted by molar-refractivity contribution is -0.137. The van der Waals surface area contributed by atoms with E-state index in [2.05, 4.69) is 0 Å². The molecule has 2 aromatic carbocycles. The fraction of sp³-hybridized carbons (Fsp3) is 0.417. The zero-order valence-corrected chi connectivity index (χ0v) is 17.7. The number of likely N-dealkylation sites (tertiary alicyclic amines) is 1. The maximum atomic E-state index is 13.4. The number of alkyl halides is 3. The van der Waals surface area contributed by atoms with Crippen molar-refractivity contribution in [3.63, 3.8) is 0 Å². The molecule has 0 aromatic heterocycles. The van der Waals surface area contributed by atoms with Crippen molar-refractivity contribution in [2.45, 2.75) is 19.5 Å². The van der Waals surface area contributed by atoms with Gasteiger partial charge in [0.25, 0.3) is 5.91 Å². The molecule has 1 amide bonds. The first-order valence-corrected chi connectivity index (χ1v) is 10.5. The number of aliphatic hydroxyl groups excluding tert-OH is 1. The summed E-state index contributed by atoms with van der Waals surface area (Å²) < 4.78 is 40.2. The summed E-state index contributed by atoms with van der Waals surface area (Å²) in [6.07, 6.45) is -3.96. The van der Waals surface area contributed by atoms with Gasteiger partial charge in [-0.15, -0.1) is 0 Å². The van der Waals surface area contributed by atoms with Crippen LogP contribution in [0.2, 0.25) is 0 Å². The number of rotatable bonds is 3. The molecule has 0 unspecified atom stereocenters. The Bertz CT molecular complexity index is 1060. The fourth-order valence-corrected chi connectivity index (χ4v) is 4.92. The number of nitrogens with zero attached hydrogens (tertiary/aromatic N) is 3. The van der Waals surface area contributed by atoms with Crippen LogP contribution >= 0.6 is 0 Å². The Hall–Kier alpha value is -3.05. The van der Waals surface area contributed by atoms with Crippen LogP contribution < -0.4 is 4.90 Å². The average molecular weight is 443 g/mol. The van der Waals surface area contributed by atoms with Crippen molar-refractivity contribution in [1.29, 1.82) is 5.26 Å². The minimum Gasteiger partial charge on any atom is -0.396 e. The SMILES string of the molecule is Cc1ccc(C(=O)N2CC[C@H]3CN(c4ccc(C#N)c(C(F)(F)F)c4)C[C@@]3(CO)C2)cc1. The predicted octanol–water partition coefficient (Wildman–Crippen LogP) is 3.85. The van der Waals surface area contributed by atoms with Crippen LogP contribution in [0.4, 0.5) is 18.9 Å². The normalized spacial score (nSPS) is 23.1. The lowest BCUT2D eigenvalue weighted by atomic mass is 9.74. The van der Waals surface area contributed by atoms with E-state index in [1.807, 2.05) is 24.0 Å². The van der Waals surface area contributed by atoms with Crippen LogP contribution in [-0.4, -0.2) is 48.7 Å². The summed E-state index contributed by atoms with van der Waals surface area (Å²) in [6.45, 7) is 3.51. The number of nitriles is 1. The Balaban J connectivity index is 1.58. The Morgan fingerprint density at radius 3 is 2.56 bits per heavy atom. The van der Waals surface area contributed by atoms with Crippen LogP contribution in [0.3, 0.4) is 0 Å². The number of carbonyl (C=O) groups is 1. The van der Waals surface area contributed by atoms with E-state index in [9.17, 15) is 23.1 Å². The molecule has 1 N–H and O–H groups in total. The van der Waals surface area contributed by atoms with E-state index < -0.39 is 22.7 Å². The Kier molecular flexibility index (Phi) is 5.63. The minimum atomic E-state index is -4.63. The lowest BCUT2D eigenvalue weighted by Gasteiger charge is -2.43. The molecule has 5 nitrogen and oxygen atoms in total. The van der Waals surface area contributed by atoms with Crippen molar-refractivity contribution >= 4 is 11.6 Å². The topological polar surface area (TPSA) is 67.6 Å². The number of hydrogen-bond acceptors (Lipinski definition) is 4. The van der Waals surface area contributed by atoms with Crippen molar-refractivity contribution < 1.29 is 23.1 Å². The summed E-state index contributed by atoms with van der Waals surface area (Å²) in [5.74, 6) is -0.0491. The maximum Gasteiger partial charge on any atom is 0.417 e. The maximum absolute atomic E-state index is 13.4. The zero-order valence-electron chi connectivity index (χ0n) is 17.7. The number of aliphatic hydroxyl groups is 1. The molecule has 2 atom stereocenters. The molecule has 2 saturated heterocycles. The number of anilines is 1. The molecule has 168 valence electrons. The van der Waals surface area contributed by atoms with Gasteiger partial charge in [-0.3, -0.25) is 4.79 Å². The van der Waals surface area contributed by atoms with Gasteiger partial charge in [0.2, 0.25) is 0 Å². The Labute approximate surface area is 184 Å². The highest BCUT2D eigenvalue weighted by molar-refractivity contribution is 5.94. The van der Waals surface area contributed by atoms with Crippen LogP contribution in [0.25, 0.3) is 0 Å². The second-order valence-corrected chi connectivity index (χ2v) is 8.82. The van der Waals surface area contributed by atoms with E-state index in [4.69, 9.17) is 5.26 Å². The number of halogens is 3. The summed E-state index contributed by atoms with van der Waals surface area (Å²) in [7, 11) is 0. The molecule has 2 fully saturated rings. The Morgan fingerprint density at radius 2 is 1.94 bits per heavy atom. The Morgan fingerprint density at radius 1 is 1.22 bits per heavy atom. The zero-order chi connectivity index (χ0) is 23.1. The van der Waals surface area contributed by atoms with Gasteiger partial charge in [-0.2, -0.15) is 18.4 Å². The first-order valence-electron chi connectivity index (χ1n) is 10.5. The van der Waals surface area contributed by atoms with Gasteiger partial charge in [0.15, 0.2) is 0 Å². The quantitative estimate of drug-likeness (QED) is 0.783. The van der Waals surface area contributed by atoms with E-state index in [-0.39, 0.29) is 18.4 Å². The number of hydrogen-bond donors (Lipinski definition) is 1. The van der Waals surface area contributed by atoms with Gasteiger partial charge in [0.05, 0.1) is 23.8 Å². The van der Waals surface area contributed by atoms with E-state index in [0.29, 0.717) is 43.9 Å². The molecule has 0 radical (unpaired) electrons. The molecule has 2 heterocycles. The fourth-order valence-electron chi connectivity index (χ4n) is 4.92. The average Bonchev–Trinajstić information content (AvgIpc) is 3.17. The van der Waals surface area contributed by atoms with Crippen molar-refractivity contribution in [1.82, 2.24) is 4.90 Å². The third kappa shape index (κ3) is 3.93. The van der Waals surface area contributed by atoms with E-state index in [1.165, 1.54) is 12.1 Å². The van der Waals surface area contributed by atoms with Crippen molar-refractivity contribution in [2.24, 2.45) is 11.3 Å². The molecule has 2 aromatic rings. The highest BCUT2D eigenvalue weighted by Gasteiger charge is 2.50. The molecular formula is C24H24F3N3O2. The highest BCUT2D eigenvalue weighted by Crippen LogP contribution is 2.44. The summed E-state index contributed by atoms with van der Waals surface area (Å²) in [4.78, 5) is 16.6. The summed E-state index contributed by atoms with van der Waals surface area (Å²) in [5, 5.41) is 19.3. The van der Waals surface area contributed by atoms with E-state index in [0.717, 1.165) is 11.6 Å². The van der Waals surface area contributed by atoms with Gasteiger partial charge in [0.1, 0.15) is 0 Å². The van der Waals surface area contributed by atoms with Crippen molar-refractivity contribution in [2.75, 3.05) is 37.7 Å². The number of amides is 1. The lowest BCUT2D eigenvalue weighted by Crippen LogP contribution is -2.52. The summed E-state index contributed by atoms with van der Waals surface area (Å²) in [6, 6.07) is 12.6. The van der Waals surface area contributed by atoms with E-state index >= 15 is 0 Å². The van der Waals surface area contributed by atoms with Crippen LogP contribution in [0, 0.1) is 29.6 Å². The standard InChI is InChI=1S/C24H24F3N3O2/c1-16-2-4-17(5-3-16)22(32)29-9-8-19-12-30(14-23(19,13-29)15-31)20-7-6-18(11-28)21(10-20)24(25,26)27/h2-7,10,19,31H,8-9,12-15H2,1H3/t19-,23+/m0/s1.